The molecule has 1 aliphatic heterocycles. The van der Waals surface area contributed by atoms with E-state index in [1.54, 1.807) is 12.3 Å². The molecule has 1 aliphatic rings. The number of carbonyl (C=O) groups is 1. The number of aliphatic carboxylic acids is 1. The Bertz CT molecular complexity index is 775. The molecule has 2 aromatic heterocycles. The molecule has 3 rings (SSSR count). The number of carboxylic acid groups (broad SMARTS) is 1. The van der Waals surface area contributed by atoms with Gasteiger partial charge in [0.05, 0.1) is 12.0 Å². The molecule has 0 amide bonds. The summed E-state index contributed by atoms with van der Waals surface area (Å²) in [6.45, 7) is 5.81. The topological polar surface area (TPSA) is 75.8 Å². The molecule has 6 heteroatoms. The Hall–Kier alpha value is -2.60. The quantitative estimate of drug-likeness (QED) is 0.856. The van der Waals surface area contributed by atoms with Crippen molar-refractivity contribution in [2.45, 2.75) is 32.3 Å². The first kappa shape index (κ1) is 18.2. The summed E-state index contributed by atoms with van der Waals surface area (Å²) in [6.07, 6.45) is 6.47. The zero-order valence-electron chi connectivity index (χ0n) is 15.1. The van der Waals surface area contributed by atoms with Crippen molar-refractivity contribution in [1.29, 1.82) is 0 Å². The predicted molar refractivity (Wildman–Crippen MR) is 98.1 cm³/mol. The highest BCUT2D eigenvalue weighted by molar-refractivity contribution is 5.78. The molecular formula is C20H24N2O4. The van der Waals surface area contributed by atoms with Gasteiger partial charge in [0.15, 0.2) is 0 Å². The minimum atomic E-state index is -1.19. The van der Waals surface area contributed by atoms with Crippen LogP contribution in [0.4, 0.5) is 0 Å². The van der Waals surface area contributed by atoms with Gasteiger partial charge in [-0.2, -0.15) is 0 Å². The molecule has 1 fully saturated rings. The number of carboxylic acids is 1. The third kappa shape index (κ3) is 4.14. The van der Waals surface area contributed by atoms with E-state index in [9.17, 15) is 9.90 Å². The lowest BCUT2D eigenvalue weighted by atomic mass is 9.91. The fourth-order valence-electron chi connectivity index (χ4n) is 3.15. The Morgan fingerprint density at radius 3 is 2.73 bits per heavy atom. The van der Waals surface area contributed by atoms with Crippen molar-refractivity contribution in [3.63, 3.8) is 0 Å². The van der Waals surface area contributed by atoms with Gasteiger partial charge in [-0.05, 0) is 44.2 Å². The predicted octanol–water partition coefficient (Wildman–Crippen LogP) is 3.30. The van der Waals surface area contributed by atoms with Crippen molar-refractivity contribution < 1.29 is 19.1 Å². The molecule has 0 aromatic carbocycles. The fourth-order valence-corrected chi connectivity index (χ4v) is 3.15. The number of aromatic nitrogens is 1. The molecule has 3 heterocycles. The third-order valence-electron chi connectivity index (χ3n) is 4.72. The summed E-state index contributed by atoms with van der Waals surface area (Å²) in [4.78, 5) is 18.5. The van der Waals surface area contributed by atoms with Crippen molar-refractivity contribution >= 4 is 12.0 Å². The largest absolute Gasteiger partial charge is 0.478 e. The molecule has 1 N–H and O–H groups in total. The van der Waals surface area contributed by atoms with Gasteiger partial charge >= 0.3 is 5.97 Å². The van der Waals surface area contributed by atoms with Gasteiger partial charge in [0, 0.05) is 38.2 Å². The zero-order chi connectivity index (χ0) is 18.6. The monoisotopic (exact) mass is 356 g/mol. The number of hydrogen-bond donors (Lipinski definition) is 1. The summed E-state index contributed by atoms with van der Waals surface area (Å²) < 4.78 is 11.2. The molecule has 1 saturated heterocycles. The SMILES string of the molecule is Cc1ccc(OC2(C(=O)O)CCN(C/C=C/c3ccco3)CC2)c(C)n1. The van der Waals surface area contributed by atoms with Crippen molar-refractivity contribution in [3.8, 4) is 5.75 Å². The number of furan rings is 1. The lowest BCUT2D eigenvalue weighted by molar-refractivity contribution is -0.159. The van der Waals surface area contributed by atoms with Crippen molar-refractivity contribution in [1.82, 2.24) is 9.88 Å². The van der Waals surface area contributed by atoms with E-state index in [2.05, 4.69) is 9.88 Å². The van der Waals surface area contributed by atoms with Gasteiger partial charge in [0.2, 0.25) is 5.60 Å². The lowest BCUT2D eigenvalue weighted by Crippen LogP contribution is -2.53. The van der Waals surface area contributed by atoms with Crippen LogP contribution in [0.25, 0.3) is 6.08 Å². The summed E-state index contributed by atoms with van der Waals surface area (Å²) in [7, 11) is 0. The average molecular weight is 356 g/mol. The van der Waals surface area contributed by atoms with Crippen molar-refractivity contribution in [2.75, 3.05) is 19.6 Å². The normalized spacial score (nSPS) is 17.5. The van der Waals surface area contributed by atoms with E-state index < -0.39 is 11.6 Å². The summed E-state index contributed by atoms with van der Waals surface area (Å²) in [6, 6.07) is 7.39. The Labute approximate surface area is 153 Å². The third-order valence-corrected chi connectivity index (χ3v) is 4.72. The number of rotatable bonds is 6. The second-order valence-electron chi connectivity index (χ2n) is 6.66. The molecular weight excluding hydrogens is 332 g/mol. The van der Waals surface area contributed by atoms with Crippen LogP contribution in [0.1, 0.15) is 30.0 Å². The minimum absolute atomic E-state index is 0.435. The molecule has 138 valence electrons. The van der Waals surface area contributed by atoms with Gasteiger partial charge in [-0.25, -0.2) is 4.79 Å². The van der Waals surface area contributed by atoms with Crippen molar-refractivity contribution in [2.24, 2.45) is 0 Å². The van der Waals surface area contributed by atoms with Crippen LogP contribution in [0.5, 0.6) is 5.75 Å². The smallest absolute Gasteiger partial charge is 0.348 e. The highest BCUT2D eigenvalue weighted by atomic mass is 16.5. The van der Waals surface area contributed by atoms with Crippen molar-refractivity contribution in [3.05, 3.63) is 53.8 Å². The van der Waals surface area contributed by atoms with E-state index in [1.165, 1.54) is 0 Å². The number of hydrogen-bond acceptors (Lipinski definition) is 5. The zero-order valence-corrected chi connectivity index (χ0v) is 15.1. The first-order chi connectivity index (χ1) is 12.5. The van der Waals surface area contributed by atoms with Gasteiger partial charge in [0.25, 0.3) is 0 Å². The van der Waals surface area contributed by atoms with E-state index in [-0.39, 0.29) is 0 Å². The summed E-state index contributed by atoms with van der Waals surface area (Å²) in [5.74, 6) is 0.444. The van der Waals surface area contributed by atoms with E-state index in [0.29, 0.717) is 31.7 Å². The van der Waals surface area contributed by atoms with E-state index in [1.807, 2.05) is 44.2 Å². The molecule has 2 aromatic rings. The molecule has 0 unspecified atom stereocenters. The fraction of sp³-hybridized carbons (Fsp3) is 0.400. The Balaban J connectivity index is 1.62. The van der Waals surface area contributed by atoms with Gasteiger partial charge in [-0.1, -0.05) is 6.08 Å². The molecule has 6 nitrogen and oxygen atoms in total. The molecule has 0 atom stereocenters. The average Bonchev–Trinajstić information content (AvgIpc) is 3.12. The molecule has 26 heavy (non-hydrogen) atoms. The Morgan fingerprint density at radius 2 is 2.12 bits per heavy atom. The Morgan fingerprint density at radius 1 is 1.35 bits per heavy atom. The standard InChI is InChI=1S/C20H24N2O4/c1-15-7-8-18(16(2)21-15)26-20(19(23)24)9-12-22(13-10-20)11-3-5-17-6-4-14-25-17/h3-8,14H,9-13H2,1-2H3,(H,23,24)/b5-3+. The van der Waals surface area contributed by atoms with Crippen LogP contribution in [0.3, 0.4) is 0 Å². The highest BCUT2D eigenvalue weighted by Crippen LogP contribution is 2.30. The first-order valence-corrected chi connectivity index (χ1v) is 8.78. The van der Waals surface area contributed by atoms with E-state index in [4.69, 9.17) is 9.15 Å². The highest BCUT2D eigenvalue weighted by Gasteiger charge is 2.44. The lowest BCUT2D eigenvalue weighted by Gasteiger charge is -2.38. The number of likely N-dealkylation sites (tertiary alicyclic amines) is 1. The number of piperidine rings is 1. The van der Waals surface area contributed by atoms with Crippen LogP contribution < -0.4 is 4.74 Å². The van der Waals surface area contributed by atoms with Crippen LogP contribution in [-0.2, 0) is 4.79 Å². The minimum Gasteiger partial charge on any atom is -0.478 e. The maximum Gasteiger partial charge on any atom is 0.348 e. The van der Waals surface area contributed by atoms with E-state index >= 15 is 0 Å². The Kier molecular flexibility index (Phi) is 5.42. The van der Waals surface area contributed by atoms with Gasteiger partial charge < -0.3 is 14.3 Å². The molecule has 0 radical (unpaired) electrons. The maximum absolute atomic E-state index is 11.9. The maximum atomic E-state index is 11.9. The molecule has 0 saturated carbocycles. The molecule has 0 bridgehead atoms. The first-order valence-electron chi connectivity index (χ1n) is 8.78. The number of pyridine rings is 1. The van der Waals surface area contributed by atoms with Crippen LogP contribution >= 0.6 is 0 Å². The van der Waals surface area contributed by atoms with Crippen LogP contribution in [-0.4, -0.2) is 46.2 Å². The summed E-state index contributed by atoms with van der Waals surface area (Å²) in [5.41, 5.74) is 0.412. The number of aryl methyl sites for hydroxylation is 2. The van der Waals surface area contributed by atoms with Gasteiger partial charge in [-0.3, -0.25) is 9.88 Å². The van der Waals surface area contributed by atoms with Crippen LogP contribution in [0.2, 0.25) is 0 Å². The van der Waals surface area contributed by atoms with Crippen LogP contribution in [0, 0.1) is 13.8 Å². The van der Waals surface area contributed by atoms with Crippen LogP contribution in [0.15, 0.2) is 41.0 Å². The second-order valence-corrected chi connectivity index (χ2v) is 6.66. The number of ether oxygens (including phenoxy) is 1. The van der Waals surface area contributed by atoms with E-state index in [0.717, 1.165) is 23.7 Å². The van der Waals surface area contributed by atoms with Gasteiger partial charge in [-0.15, -0.1) is 0 Å². The molecule has 0 aliphatic carbocycles. The molecule has 0 spiro atoms. The summed E-state index contributed by atoms with van der Waals surface area (Å²) in [5, 5.41) is 9.79. The number of nitrogens with zero attached hydrogens (tertiary/aromatic N) is 2. The second kappa shape index (κ2) is 7.74. The van der Waals surface area contributed by atoms with Gasteiger partial charge in [0.1, 0.15) is 11.5 Å². The summed E-state index contributed by atoms with van der Waals surface area (Å²) >= 11 is 0.